The van der Waals surface area contributed by atoms with Crippen molar-refractivity contribution in [3.05, 3.63) is 0 Å². The van der Waals surface area contributed by atoms with Crippen molar-refractivity contribution in [1.82, 2.24) is 9.62 Å². The van der Waals surface area contributed by atoms with Crippen molar-refractivity contribution in [3.63, 3.8) is 0 Å². The number of sulfonamides is 1. The number of ether oxygens (including phenoxy) is 1. The van der Waals surface area contributed by atoms with Crippen molar-refractivity contribution < 1.29 is 22.7 Å². The fourth-order valence-corrected chi connectivity index (χ4v) is 4.05. The van der Waals surface area contributed by atoms with Gasteiger partial charge >= 0.3 is 5.97 Å². The average molecular weight is 318 g/mol. The third kappa shape index (κ3) is 3.55. The molecule has 0 saturated carbocycles. The van der Waals surface area contributed by atoms with Crippen LogP contribution in [0.4, 0.5) is 0 Å². The van der Waals surface area contributed by atoms with Crippen molar-refractivity contribution in [2.45, 2.75) is 38.1 Å². The summed E-state index contributed by atoms with van der Waals surface area (Å²) in [5.74, 6) is -0.289. The molecule has 2 saturated heterocycles. The second-order valence-corrected chi connectivity index (χ2v) is 7.91. The molecule has 2 aliphatic heterocycles. The van der Waals surface area contributed by atoms with Gasteiger partial charge in [0.1, 0.15) is 0 Å². The van der Waals surface area contributed by atoms with Crippen molar-refractivity contribution in [2.24, 2.45) is 5.41 Å². The van der Waals surface area contributed by atoms with Crippen LogP contribution in [-0.2, 0) is 24.3 Å². The second kappa shape index (κ2) is 5.92. The Hall–Kier alpha value is -1.15. The Morgan fingerprint density at radius 2 is 2.05 bits per heavy atom. The normalized spacial score (nSPS) is 25.8. The van der Waals surface area contributed by atoms with Gasteiger partial charge in [-0.25, -0.2) is 12.7 Å². The number of rotatable bonds is 4. The predicted molar refractivity (Wildman–Crippen MR) is 75.9 cm³/mol. The monoisotopic (exact) mass is 318 g/mol. The van der Waals surface area contributed by atoms with Gasteiger partial charge in [0, 0.05) is 25.6 Å². The summed E-state index contributed by atoms with van der Waals surface area (Å²) < 4.78 is 29.1. The van der Waals surface area contributed by atoms with Crippen LogP contribution >= 0.6 is 0 Å². The van der Waals surface area contributed by atoms with Crippen molar-refractivity contribution in [2.75, 3.05) is 26.5 Å². The molecule has 1 atom stereocenters. The molecule has 2 aliphatic rings. The van der Waals surface area contributed by atoms with Gasteiger partial charge < -0.3 is 10.1 Å². The molecule has 120 valence electrons. The summed E-state index contributed by atoms with van der Waals surface area (Å²) in [4.78, 5) is 23.4. The maximum absolute atomic E-state index is 12.2. The molecule has 0 aromatic carbocycles. The van der Waals surface area contributed by atoms with Gasteiger partial charge in [-0.2, -0.15) is 0 Å². The molecule has 0 bridgehead atoms. The minimum atomic E-state index is -3.19. The quantitative estimate of drug-likeness (QED) is 0.729. The van der Waals surface area contributed by atoms with Crippen molar-refractivity contribution in [1.29, 1.82) is 0 Å². The van der Waals surface area contributed by atoms with E-state index < -0.39 is 15.4 Å². The molecule has 1 N–H and O–H groups in total. The minimum absolute atomic E-state index is 0.00878. The maximum Gasteiger partial charge on any atom is 0.305 e. The SMILES string of the molecule is COC(=O)CC[C@H]1CC2(CCN(S(C)(=O)=O)CC2)C(=O)N1. The number of methoxy groups -OCH3 is 1. The van der Waals surface area contributed by atoms with Gasteiger partial charge in [-0.05, 0) is 25.7 Å². The molecule has 2 heterocycles. The smallest absolute Gasteiger partial charge is 0.305 e. The van der Waals surface area contributed by atoms with E-state index in [1.54, 1.807) is 0 Å². The zero-order valence-electron chi connectivity index (χ0n) is 12.4. The number of carbonyl (C=O) groups excluding carboxylic acids is 2. The van der Waals surface area contributed by atoms with Gasteiger partial charge in [0.15, 0.2) is 0 Å². The summed E-state index contributed by atoms with van der Waals surface area (Å²) in [6.45, 7) is 0.770. The van der Waals surface area contributed by atoms with E-state index in [0.29, 0.717) is 38.8 Å². The highest BCUT2D eigenvalue weighted by molar-refractivity contribution is 7.88. The molecule has 0 aliphatic carbocycles. The number of hydrogen-bond acceptors (Lipinski definition) is 5. The molecule has 0 unspecified atom stereocenters. The van der Waals surface area contributed by atoms with Crippen LogP contribution in [0.2, 0.25) is 0 Å². The topological polar surface area (TPSA) is 92.8 Å². The first-order valence-corrected chi connectivity index (χ1v) is 8.94. The van der Waals surface area contributed by atoms with E-state index in [2.05, 4.69) is 10.1 Å². The zero-order valence-corrected chi connectivity index (χ0v) is 13.2. The van der Waals surface area contributed by atoms with Crippen LogP contribution < -0.4 is 5.32 Å². The van der Waals surface area contributed by atoms with Crippen LogP contribution in [0.15, 0.2) is 0 Å². The highest BCUT2D eigenvalue weighted by atomic mass is 32.2. The number of nitrogens with one attached hydrogen (secondary N) is 1. The standard InChI is InChI=1S/C13H22N2O5S/c1-20-11(16)4-3-10-9-13(12(17)14-10)5-7-15(8-6-13)21(2,18)19/h10H,3-9H2,1-2H3,(H,14,17)/t10-/m0/s1. The third-order valence-corrected chi connectivity index (χ3v) is 5.83. The molecule has 2 fully saturated rings. The van der Waals surface area contributed by atoms with Gasteiger partial charge in [0.25, 0.3) is 0 Å². The van der Waals surface area contributed by atoms with Crippen LogP contribution in [0, 0.1) is 5.41 Å². The van der Waals surface area contributed by atoms with Gasteiger partial charge in [-0.1, -0.05) is 0 Å². The summed E-state index contributed by atoms with van der Waals surface area (Å²) in [6, 6.07) is -0.0265. The van der Waals surface area contributed by atoms with Gasteiger partial charge in [-0.15, -0.1) is 0 Å². The summed E-state index contributed by atoms with van der Waals surface area (Å²) in [5.41, 5.74) is -0.470. The fraction of sp³-hybridized carbons (Fsp3) is 0.846. The second-order valence-electron chi connectivity index (χ2n) is 5.93. The largest absolute Gasteiger partial charge is 0.469 e. The number of piperidine rings is 1. The Morgan fingerprint density at radius 1 is 1.43 bits per heavy atom. The maximum atomic E-state index is 12.2. The number of carbonyl (C=O) groups is 2. The Bertz CT molecular complexity index is 523. The van der Waals surface area contributed by atoms with Crippen molar-refractivity contribution >= 4 is 21.9 Å². The number of amides is 1. The first kappa shape index (κ1) is 16.2. The van der Waals surface area contributed by atoms with Gasteiger partial charge in [-0.3, -0.25) is 9.59 Å². The number of nitrogens with zero attached hydrogens (tertiary/aromatic N) is 1. The molecule has 0 aromatic heterocycles. The molecule has 8 heteroatoms. The minimum Gasteiger partial charge on any atom is -0.469 e. The summed E-state index contributed by atoms with van der Waals surface area (Å²) in [5, 5.41) is 2.93. The lowest BCUT2D eigenvalue weighted by Gasteiger charge is -2.36. The highest BCUT2D eigenvalue weighted by Gasteiger charge is 2.48. The van der Waals surface area contributed by atoms with Crippen LogP contribution in [0.3, 0.4) is 0 Å². The van der Waals surface area contributed by atoms with Crippen LogP contribution in [-0.4, -0.2) is 57.1 Å². The van der Waals surface area contributed by atoms with Gasteiger partial charge in [0.2, 0.25) is 15.9 Å². The molecule has 0 radical (unpaired) electrons. The van der Waals surface area contributed by atoms with E-state index in [4.69, 9.17) is 0 Å². The summed E-state index contributed by atoms with van der Waals surface area (Å²) in [6.07, 6.45) is 3.80. The third-order valence-electron chi connectivity index (χ3n) is 4.53. The Morgan fingerprint density at radius 3 is 2.57 bits per heavy atom. The zero-order chi connectivity index (χ0) is 15.7. The lowest BCUT2D eigenvalue weighted by atomic mass is 9.76. The molecule has 21 heavy (non-hydrogen) atoms. The Labute approximate surface area is 125 Å². The summed E-state index contributed by atoms with van der Waals surface area (Å²) >= 11 is 0. The molecule has 2 rings (SSSR count). The fourth-order valence-electron chi connectivity index (χ4n) is 3.20. The number of esters is 1. The van der Waals surface area contributed by atoms with E-state index in [1.807, 2.05) is 0 Å². The lowest BCUT2D eigenvalue weighted by Crippen LogP contribution is -2.45. The summed E-state index contributed by atoms with van der Waals surface area (Å²) in [7, 11) is -1.84. The predicted octanol–water partition coefficient (Wildman–Crippen LogP) is -0.130. The van der Waals surface area contributed by atoms with Gasteiger partial charge in [0.05, 0.1) is 18.8 Å². The number of hydrogen-bond donors (Lipinski definition) is 1. The molecular formula is C13H22N2O5S. The molecule has 1 amide bonds. The lowest BCUT2D eigenvalue weighted by molar-refractivity contribution is -0.141. The van der Waals surface area contributed by atoms with Crippen LogP contribution in [0.5, 0.6) is 0 Å². The highest BCUT2D eigenvalue weighted by Crippen LogP contribution is 2.41. The first-order valence-electron chi connectivity index (χ1n) is 7.10. The molecule has 1 spiro atoms. The van der Waals surface area contributed by atoms with E-state index in [9.17, 15) is 18.0 Å². The Kier molecular flexibility index (Phi) is 4.57. The van der Waals surface area contributed by atoms with E-state index >= 15 is 0 Å². The average Bonchev–Trinajstić information content (AvgIpc) is 2.72. The van der Waals surface area contributed by atoms with E-state index in [1.165, 1.54) is 17.7 Å². The molecule has 0 aromatic rings. The van der Waals surface area contributed by atoms with E-state index in [-0.39, 0.29) is 24.3 Å². The molecular weight excluding hydrogens is 296 g/mol. The van der Waals surface area contributed by atoms with Crippen molar-refractivity contribution in [3.8, 4) is 0 Å². The molecule has 7 nitrogen and oxygen atoms in total. The Balaban J connectivity index is 1.93. The van der Waals surface area contributed by atoms with Crippen LogP contribution in [0.25, 0.3) is 0 Å². The first-order chi connectivity index (χ1) is 9.77. The van der Waals surface area contributed by atoms with Crippen LogP contribution in [0.1, 0.15) is 32.1 Å². The van der Waals surface area contributed by atoms with E-state index in [0.717, 1.165) is 0 Å².